The summed E-state index contributed by atoms with van der Waals surface area (Å²) in [6, 6.07) is 3.43. The van der Waals surface area contributed by atoms with E-state index in [-0.39, 0.29) is 5.54 Å². The summed E-state index contributed by atoms with van der Waals surface area (Å²) in [4.78, 5) is 5.32. The van der Waals surface area contributed by atoms with E-state index in [0.717, 1.165) is 19.0 Å². The van der Waals surface area contributed by atoms with Crippen molar-refractivity contribution < 1.29 is 0 Å². The van der Waals surface area contributed by atoms with E-state index in [9.17, 15) is 5.26 Å². The van der Waals surface area contributed by atoms with Crippen molar-refractivity contribution in [2.24, 2.45) is 5.92 Å². The lowest BCUT2D eigenvalue weighted by Crippen LogP contribution is -2.51. The maximum atomic E-state index is 9.65. The summed E-state index contributed by atoms with van der Waals surface area (Å²) in [6.45, 7) is 9.27. The summed E-state index contributed by atoms with van der Waals surface area (Å²) in [6.07, 6.45) is 7.44. The van der Waals surface area contributed by atoms with Gasteiger partial charge in [0.1, 0.15) is 5.54 Å². The molecule has 118 valence electrons. The van der Waals surface area contributed by atoms with Crippen molar-refractivity contribution in [1.82, 2.24) is 15.1 Å². The van der Waals surface area contributed by atoms with Gasteiger partial charge in [-0.3, -0.25) is 10.2 Å². The minimum Gasteiger partial charge on any atom is -0.300 e. The Balaban J connectivity index is 1.51. The molecule has 4 nitrogen and oxygen atoms in total. The van der Waals surface area contributed by atoms with Crippen LogP contribution in [0.2, 0.25) is 0 Å². The maximum absolute atomic E-state index is 9.65. The molecule has 2 saturated heterocycles. The summed E-state index contributed by atoms with van der Waals surface area (Å²) in [5.41, 5.74) is -0.232. The highest BCUT2D eigenvalue weighted by atomic mass is 15.3. The summed E-state index contributed by atoms with van der Waals surface area (Å²) in [5, 5.41) is 13.1. The lowest BCUT2D eigenvalue weighted by Gasteiger charge is -2.38. The SMILES string of the molecule is CCNC1(C#N)CCCC1CCN1CCN2CCCC2C1. The van der Waals surface area contributed by atoms with Gasteiger partial charge >= 0.3 is 0 Å². The largest absolute Gasteiger partial charge is 0.300 e. The van der Waals surface area contributed by atoms with Gasteiger partial charge in [-0.25, -0.2) is 0 Å². The molecule has 0 bridgehead atoms. The quantitative estimate of drug-likeness (QED) is 0.839. The van der Waals surface area contributed by atoms with Crippen LogP contribution in [0.5, 0.6) is 0 Å². The van der Waals surface area contributed by atoms with Gasteiger partial charge in [0.25, 0.3) is 0 Å². The molecule has 2 aliphatic heterocycles. The Kier molecular flexibility index (Phi) is 4.83. The van der Waals surface area contributed by atoms with Crippen LogP contribution in [0, 0.1) is 17.2 Å². The first-order valence-corrected chi connectivity index (χ1v) is 8.90. The number of hydrogen-bond acceptors (Lipinski definition) is 4. The third-order valence-corrected chi connectivity index (χ3v) is 5.98. The summed E-state index contributed by atoms with van der Waals surface area (Å²) in [5.74, 6) is 0.545. The predicted molar refractivity (Wildman–Crippen MR) is 85.0 cm³/mol. The number of nitriles is 1. The minimum absolute atomic E-state index is 0.232. The molecule has 21 heavy (non-hydrogen) atoms. The van der Waals surface area contributed by atoms with E-state index in [1.54, 1.807) is 0 Å². The van der Waals surface area contributed by atoms with Crippen LogP contribution in [-0.4, -0.2) is 60.6 Å². The fourth-order valence-corrected chi connectivity index (χ4v) is 4.80. The predicted octanol–water partition coefficient (Wildman–Crippen LogP) is 1.83. The lowest BCUT2D eigenvalue weighted by atomic mass is 9.85. The highest BCUT2D eigenvalue weighted by Gasteiger charge is 2.42. The molecule has 3 rings (SSSR count). The molecular weight excluding hydrogens is 260 g/mol. The van der Waals surface area contributed by atoms with Gasteiger partial charge in [0.05, 0.1) is 6.07 Å². The Bertz CT molecular complexity index is 391. The van der Waals surface area contributed by atoms with Crippen LogP contribution in [0.1, 0.15) is 45.4 Å². The van der Waals surface area contributed by atoms with Gasteiger partial charge in [-0.2, -0.15) is 5.26 Å². The van der Waals surface area contributed by atoms with Crippen molar-refractivity contribution in [2.45, 2.75) is 57.0 Å². The first-order valence-electron chi connectivity index (χ1n) is 8.90. The molecule has 0 radical (unpaired) electrons. The average Bonchev–Trinajstić information content (AvgIpc) is 3.12. The van der Waals surface area contributed by atoms with Gasteiger partial charge in [-0.1, -0.05) is 13.3 Å². The van der Waals surface area contributed by atoms with Crippen molar-refractivity contribution in [3.05, 3.63) is 0 Å². The molecule has 3 atom stereocenters. The molecule has 1 aliphatic carbocycles. The van der Waals surface area contributed by atoms with Crippen LogP contribution in [0.25, 0.3) is 0 Å². The fraction of sp³-hybridized carbons (Fsp3) is 0.941. The third kappa shape index (κ3) is 3.11. The second kappa shape index (κ2) is 6.64. The molecule has 0 aromatic heterocycles. The molecular formula is C17H30N4. The van der Waals surface area contributed by atoms with Crippen molar-refractivity contribution in [1.29, 1.82) is 5.26 Å². The zero-order valence-corrected chi connectivity index (χ0v) is 13.5. The Morgan fingerprint density at radius 3 is 2.95 bits per heavy atom. The first-order chi connectivity index (χ1) is 10.3. The fourth-order valence-electron chi connectivity index (χ4n) is 4.80. The molecule has 4 heteroatoms. The zero-order chi connectivity index (χ0) is 14.7. The van der Waals surface area contributed by atoms with Gasteiger partial charge in [0, 0.05) is 25.7 Å². The van der Waals surface area contributed by atoms with Crippen molar-refractivity contribution in [2.75, 3.05) is 39.3 Å². The Hall–Kier alpha value is -0.630. The topological polar surface area (TPSA) is 42.3 Å². The molecule has 0 spiro atoms. The van der Waals surface area contributed by atoms with E-state index < -0.39 is 0 Å². The Morgan fingerprint density at radius 2 is 2.14 bits per heavy atom. The van der Waals surface area contributed by atoms with Gasteiger partial charge in [-0.15, -0.1) is 0 Å². The number of hydrogen-bond donors (Lipinski definition) is 1. The van der Waals surface area contributed by atoms with E-state index in [1.165, 1.54) is 64.8 Å². The standard InChI is InChI=1S/C17H30N4/c1-2-19-17(14-18)8-3-5-15(17)7-10-20-11-12-21-9-4-6-16(21)13-20/h15-16,19H,2-13H2,1H3. The van der Waals surface area contributed by atoms with Gasteiger partial charge in [0.15, 0.2) is 0 Å². The van der Waals surface area contributed by atoms with Crippen LogP contribution < -0.4 is 5.32 Å². The highest BCUT2D eigenvalue weighted by Crippen LogP contribution is 2.37. The molecule has 0 aromatic carbocycles. The molecule has 2 heterocycles. The number of rotatable bonds is 5. The monoisotopic (exact) mass is 290 g/mol. The van der Waals surface area contributed by atoms with Gasteiger partial charge in [-0.05, 0) is 57.7 Å². The van der Waals surface area contributed by atoms with Crippen molar-refractivity contribution in [3.8, 4) is 6.07 Å². The Labute approximate surface area is 129 Å². The Morgan fingerprint density at radius 1 is 1.24 bits per heavy atom. The molecule has 1 N–H and O–H groups in total. The van der Waals surface area contributed by atoms with Crippen LogP contribution in [0.15, 0.2) is 0 Å². The van der Waals surface area contributed by atoms with E-state index in [1.807, 2.05) is 0 Å². The highest BCUT2D eigenvalue weighted by molar-refractivity contribution is 5.14. The molecule has 3 aliphatic rings. The minimum atomic E-state index is -0.232. The van der Waals surface area contributed by atoms with Crippen LogP contribution in [-0.2, 0) is 0 Å². The molecule has 1 saturated carbocycles. The van der Waals surface area contributed by atoms with Crippen LogP contribution >= 0.6 is 0 Å². The van der Waals surface area contributed by atoms with Crippen LogP contribution in [0.3, 0.4) is 0 Å². The smallest absolute Gasteiger partial charge is 0.109 e. The van der Waals surface area contributed by atoms with Crippen LogP contribution in [0.4, 0.5) is 0 Å². The summed E-state index contributed by atoms with van der Waals surface area (Å²) in [7, 11) is 0. The molecule has 3 fully saturated rings. The van der Waals surface area contributed by atoms with E-state index in [4.69, 9.17) is 0 Å². The molecule has 0 aromatic rings. The number of nitrogens with zero attached hydrogens (tertiary/aromatic N) is 3. The van der Waals surface area contributed by atoms with E-state index in [0.29, 0.717) is 5.92 Å². The first kappa shape index (κ1) is 15.3. The summed E-state index contributed by atoms with van der Waals surface area (Å²) < 4.78 is 0. The number of nitrogens with one attached hydrogen (secondary N) is 1. The van der Waals surface area contributed by atoms with Gasteiger partial charge in [0.2, 0.25) is 0 Å². The lowest BCUT2D eigenvalue weighted by molar-refractivity contribution is 0.0967. The maximum Gasteiger partial charge on any atom is 0.109 e. The average molecular weight is 290 g/mol. The van der Waals surface area contributed by atoms with Crippen molar-refractivity contribution >= 4 is 0 Å². The number of fused-ring (bicyclic) bond motifs is 1. The van der Waals surface area contributed by atoms with E-state index >= 15 is 0 Å². The van der Waals surface area contributed by atoms with Crippen molar-refractivity contribution in [3.63, 3.8) is 0 Å². The van der Waals surface area contributed by atoms with E-state index in [2.05, 4.69) is 28.1 Å². The zero-order valence-electron chi connectivity index (χ0n) is 13.5. The normalized spacial score (nSPS) is 37.5. The second-order valence-corrected chi connectivity index (χ2v) is 7.12. The molecule has 0 amide bonds. The second-order valence-electron chi connectivity index (χ2n) is 7.12. The summed E-state index contributed by atoms with van der Waals surface area (Å²) >= 11 is 0. The van der Waals surface area contributed by atoms with Gasteiger partial charge < -0.3 is 4.90 Å². The number of piperazine rings is 1. The third-order valence-electron chi connectivity index (χ3n) is 5.98. The molecule has 3 unspecified atom stereocenters.